The number of anilines is 1. The van der Waals surface area contributed by atoms with Gasteiger partial charge in [0.15, 0.2) is 0 Å². The summed E-state index contributed by atoms with van der Waals surface area (Å²) in [6, 6.07) is 8.26. The molecule has 1 aromatic rings. The number of hydrogen-bond acceptors (Lipinski definition) is 3. The summed E-state index contributed by atoms with van der Waals surface area (Å²) in [5.41, 5.74) is 2.01. The first-order chi connectivity index (χ1) is 9.13. The zero-order valence-electron chi connectivity index (χ0n) is 11.4. The van der Waals surface area contributed by atoms with E-state index in [4.69, 9.17) is 0 Å². The molecule has 2 unspecified atom stereocenters. The predicted molar refractivity (Wildman–Crippen MR) is 75.8 cm³/mol. The van der Waals surface area contributed by atoms with Crippen molar-refractivity contribution in [3.8, 4) is 0 Å². The summed E-state index contributed by atoms with van der Waals surface area (Å²) >= 11 is 0. The summed E-state index contributed by atoms with van der Waals surface area (Å²) in [7, 11) is 0. The molecule has 2 rings (SSSR count). The number of aliphatic hydroxyl groups is 1. The van der Waals surface area contributed by atoms with Crippen LogP contribution in [0.4, 0.5) is 5.69 Å². The van der Waals surface area contributed by atoms with Gasteiger partial charge in [-0.25, -0.2) is 0 Å². The van der Waals surface area contributed by atoms with Crippen molar-refractivity contribution >= 4 is 11.6 Å². The van der Waals surface area contributed by atoms with Gasteiger partial charge in [0.1, 0.15) is 0 Å². The zero-order valence-corrected chi connectivity index (χ0v) is 11.4. The Hall–Kier alpha value is -1.39. The van der Waals surface area contributed by atoms with E-state index in [2.05, 4.69) is 10.6 Å². The van der Waals surface area contributed by atoms with E-state index in [1.165, 1.54) is 12.5 Å². The van der Waals surface area contributed by atoms with Crippen molar-refractivity contribution in [2.45, 2.75) is 51.3 Å². The first-order valence-electron chi connectivity index (χ1n) is 6.91. The van der Waals surface area contributed by atoms with Crippen molar-refractivity contribution in [3.05, 3.63) is 29.8 Å². The van der Waals surface area contributed by atoms with Gasteiger partial charge < -0.3 is 15.7 Å². The number of benzene rings is 1. The SMILES string of the molecule is CC(=O)Nc1ccc(CNC2CCCC(O)C2)cc1. The van der Waals surface area contributed by atoms with Crippen LogP contribution in [0.1, 0.15) is 38.2 Å². The Balaban J connectivity index is 1.81. The van der Waals surface area contributed by atoms with E-state index in [0.29, 0.717) is 6.04 Å². The second-order valence-electron chi connectivity index (χ2n) is 5.28. The van der Waals surface area contributed by atoms with Gasteiger partial charge in [-0.1, -0.05) is 12.1 Å². The number of aliphatic hydroxyl groups excluding tert-OH is 1. The molecule has 104 valence electrons. The molecule has 0 aliphatic heterocycles. The first-order valence-corrected chi connectivity index (χ1v) is 6.91. The van der Waals surface area contributed by atoms with Gasteiger partial charge in [0.2, 0.25) is 5.91 Å². The molecule has 1 amide bonds. The van der Waals surface area contributed by atoms with Gasteiger partial charge in [0, 0.05) is 25.2 Å². The summed E-state index contributed by atoms with van der Waals surface area (Å²) in [4.78, 5) is 10.9. The minimum absolute atomic E-state index is 0.0536. The van der Waals surface area contributed by atoms with Gasteiger partial charge in [-0.3, -0.25) is 4.79 Å². The average Bonchev–Trinajstić information content (AvgIpc) is 2.37. The lowest BCUT2D eigenvalue weighted by Gasteiger charge is -2.26. The van der Waals surface area contributed by atoms with Gasteiger partial charge >= 0.3 is 0 Å². The maximum Gasteiger partial charge on any atom is 0.221 e. The van der Waals surface area contributed by atoms with E-state index in [9.17, 15) is 9.90 Å². The molecule has 0 saturated heterocycles. The Morgan fingerprint density at radius 2 is 2.05 bits per heavy atom. The second-order valence-corrected chi connectivity index (χ2v) is 5.28. The van der Waals surface area contributed by atoms with Crippen LogP contribution in [0.2, 0.25) is 0 Å². The van der Waals surface area contributed by atoms with Crippen molar-refractivity contribution in [2.75, 3.05) is 5.32 Å². The maximum absolute atomic E-state index is 10.9. The highest BCUT2D eigenvalue weighted by Gasteiger charge is 2.19. The van der Waals surface area contributed by atoms with Gasteiger partial charge in [0.25, 0.3) is 0 Å². The minimum atomic E-state index is -0.145. The van der Waals surface area contributed by atoms with Gasteiger partial charge in [-0.2, -0.15) is 0 Å². The summed E-state index contributed by atoms with van der Waals surface area (Å²) < 4.78 is 0. The molecule has 1 aliphatic carbocycles. The third kappa shape index (κ3) is 4.65. The standard InChI is InChI=1S/C15H22N2O2/c1-11(18)17-13-7-5-12(6-8-13)10-16-14-3-2-4-15(19)9-14/h5-8,14-16,19H,2-4,9-10H2,1H3,(H,17,18). The summed E-state index contributed by atoms with van der Waals surface area (Å²) in [5.74, 6) is -0.0536. The highest BCUT2D eigenvalue weighted by atomic mass is 16.3. The zero-order chi connectivity index (χ0) is 13.7. The average molecular weight is 262 g/mol. The van der Waals surface area contributed by atoms with Crippen LogP contribution < -0.4 is 10.6 Å². The van der Waals surface area contributed by atoms with E-state index in [1.807, 2.05) is 24.3 Å². The number of carbonyl (C=O) groups excluding carboxylic acids is 1. The first kappa shape index (κ1) is 14.0. The molecular weight excluding hydrogens is 240 g/mol. The fraction of sp³-hybridized carbons (Fsp3) is 0.533. The number of amides is 1. The summed E-state index contributed by atoms with van der Waals surface area (Å²) in [5, 5.41) is 15.8. The molecule has 4 nitrogen and oxygen atoms in total. The molecular formula is C15H22N2O2. The van der Waals surface area contributed by atoms with E-state index < -0.39 is 0 Å². The van der Waals surface area contributed by atoms with Crippen molar-refractivity contribution in [1.82, 2.24) is 5.32 Å². The number of carbonyl (C=O) groups is 1. The van der Waals surface area contributed by atoms with Crippen LogP contribution in [0.5, 0.6) is 0 Å². The third-order valence-electron chi connectivity index (χ3n) is 3.52. The Morgan fingerprint density at radius 1 is 1.32 bits per heavy atom. The molecule has 19 heavy (non-hydrogen) atoms. The van der Waals surface area contributed by atoms with Crippen LogP contribution in [0, 0.1) is 0 Å². The molecule has 1 aromatic carbocycles. The highest BCUT2D eigenvalue weighted by molar-refractivity contribution is 5.88. The predicted octanol–water partition coefficient (Wildman–Crippen LogP) is 2.04. The monoisotopic (exact) mass is 262 g/mol. The van der Waals surface area contributed by atoms with E-state index in [0.717, 1.165) is 37.9 Å². The molecule has 0 radical (unpaired) electrons. The van der Waals surface area contributed by atoms with Crippen molar-refractivity contribution < 1.29 is 9.90 Å². The molecule has 0 bridgehead atoms. The lowest BCUT2D eigenvalue weighted by atomic mass is 9.93. The number of hydrogen-bond donors (Lipinski definition) is 3. The van der Waals surface area contributed by atoms with Crippen LogP contribution in [0.3, 0.4) is 0 Å². The van der Waals surface area contributed by atoms with Gasteiger partial charge in [-0.05, 0) is 43.4 Å². The van der Waals surface area contributed by atoms with Gasteiger partial charge in [0.05, 0.1) is 6.10 Å². The van der Waals surface area contributed by atoms with E-state index in [-0.39, 0.29) is 12.0 Å². The van der Waals surface area contributed by atoms with E-state index in [1.54, 1.807) is 0 Å². The fourth-order valence-corrected chi connectivity index (χ4v) is 2.52. The van der Waals surface area contributed by atoms with Crippen LogP contribution >= 0.6 is 0 Å². The molecule has 3 N–H and O–H groups in total. The lowest BCUT2D eigenvalue weighted by molar-refractivity contribution is -0.114. The van der Waals surface area contributed by atoms with Crippen molar-refractivity contribution in [3.63, 3.8) is 0 Å². The van der Waals surface area contributed by atoms with Crippen LogP contribution in [-0.4, -0.2) is 23.2 Å². The van der Waals surface area contributed by atoms with E-state index >= 15 is 0 Å². The third-order valence-corrected chi connectivity index (χ3v) is 3.52. The largest absolute Gasteiger partial charge is 0.393 e. The van der Waals surface area contributed by atoms with Crippen molar-refractivity contribution in [2.24, 2.45) is 0 Å². The Bertz CT molecular complexity index is 417. The lowest BCUT2D eigenvalue weighted by Crippen LogP contribution is -2.35. The number of nitrogens with one attached hydrogen (secondary N) is 2. The quantitative estimate of drug-likeness (QED) is 0.778. The smallest absolute Gasteiger partial charge is 0.221 e. The topological polar surface area (TPSA) is 61.4 Å². The van der Waals surface area contributed by atoms with Crippen LogP contribution in [0.15, 0.2) is 24.3 Å². The Labute approximate surface area is 114 Å². The number of rotatable bonds is 4. The molecule has 0 heterocycles. The van der Waals surface area contributed by atoms with Crippen LogP contribution in [-0.2, 0) is 11.3 Å². The minimum Gasteiger partial charge on any atom is -0.393 e. The fourth-order valence-electron chi connectivity index (χ4n) is 2.52. The molecule has 1 fully saturated rings. The van der Waals surface area contributed by atoms with Crippen molar-refractivity contribution in [1.29, 1.82) is 0 Å². The Morgan fingerprint density at radius 3 is 2.68 bits per heavy atom. The summed E-state index contributed by atoms with van der Waals surface area (Å²) in [6.07, 6.45) is 3.88. The molecule has 1 saturated carbocycles. The normalized spacial score (nSPS) is 23.1. The molecule has 2 atom stereocenters. The Kier molecular flexibility index (Phi) is 4.93. The van der Waals surface area contributed by atoms with Gasteiger partial charge in [-0.15, -0.1) is 0 Å². The second kappa shape index (κ2) is 6.68. The highest BCUT2D eigenvalue weighted by Crippen LogP contribution is 2.19. The molecule has 4 heteroatoms. The summed E-state index contributed by atoms with van der Waals surface area (Å²) in [6.45, 7) is 2.31. The van der Waals surface area contributed by atoms with Crippen LogP contribution in [0.25, 0.3) is 0 Å². The maximum atomic E-state index is 10.9. The molecule has 1 aliphatic rings. The molecule has 0 spiro atoms. The molecule has 0 aromatic heterocycles.